The molecule has 7 nitrogen and oxygen atoms in total. The number of carbonyl (C=O) groups excluding carboxylic acids is 1. The molecule has 8 heteroatoms. The van der Waals surface area contributed by atoms with Crippen molar-refractivity contribution in [3.05, 3.63) is 0 Å². The van der Waals surface area contributed by atoms with Crippen molar-refractivity contribution in [2.24, 2.45) is 40.4 Å². The minimum Gasteiger partial charge on any atom is -0.396 e. The summed E-state index contributed by atoms with van der Waals surface area (Å²) >= 11 is 0. The number of Topliss-reactive ketones (excluding diaryl/α,β-unsaturated/α-hetero) is 1. The molecule has 2 N–H and O–H groups in total. The second kappa shape index (κ2) is 9.04. The lowest BCUT2D eigenvalue weighted by Crippen LogP contribution is -2.58. The molecule has 5 rings (SSSR count). The number of aliphatic hydroxyl groups excluding tert-OH is 1. The van der Waals surface area contributed by atoms with Crippen LogP contribution in [-0.4, -0.2) is 84.8 Å². The minimum absolute atomic E-state index is 0.0382. The van der Waals surface area contributed by atoms with Crippen molar-refractivity contribution < 1.29 is 23.4 Å². The molecular weight excluding hydrogens is 464 g/mol. The van der Waals surface area contributed by atoms with Gasteiger partial charge in [0.1, 0.15) is 5.78 Å². The lowest BCUT2D eigenvalue weighted by Gasteiger charge is -2.62. The van der Waals surface area contributed by atoms with E-state index >= 15 is 0 Å². The maximum Gasteiger partial charge on any atom is 0.211 e. The third-order valence-corrected chi connectivity index (χ3v) is 12.8. The van der Waals surface area contributed by atoms with E-state index in [9.17, 15) is 23.4 Å². The Morgan fingerprint density at radius 3 is 2.31 bits per heavy atom. The number of piperazine rings is 1. The summed E-state index contributed by atoms with van der Waals surface area (Å²) < 4.78 is 25.1. The van der Waals surface area contributed by atoms with E-state index in [4.69, 9.17) is 0 Å². The summed E-state index contributed by atoms with van der Waals surface area (Å²) in [7, 11) is -3.16. The van der Waals surface area contributed by atoms with Gasteiger partial charge in [-0.3, -0.25) is 9.69 Å². The van der Waals surface area contributed by atoms with Crippen molar-refractivity contribution in [1.29, 1.82) is 0 Å². The zero-order valence-electron chi connectivity index (χ0n) is 21.9. The second-order valence-electron chi connectivity index (χ2n) is 13.3. The summed E-state index contributed by atoms with van der Waals surface area (Å²) in [6, 6.07) is 0. The molecule has 0 aromatic rings. The number of rotatable bonds is 5. The number of aliphatic hydroxyl groups is 2. The SMILES string of the molecule is CC12CC[C@H]3[C@@H](CC[C@H]4C[C@](C)(O)CC[C@@]43CO)[C@@H]1CC[C@@H]2C(=O)CN1CCN(S(C)(=O)=O)CC1. The lowest BCUT2D eigenvalue weighted by molar-refractivity contribution is -0.171. The molecule has 5 fully saturated rings. The molecule has 5 aliphatic rings. The zero-order valence-corrected chi connectivity index (χ0v) is 22.7. The average molecular weight is 511 g/mol. The van der Waals surface area contributed by atoms with Gasteiger partial charge in [0.2, 0.25) is 10.0 Å². The Kier molecular flexibility index (Phi) is 6.73. The first-order valence-corrected chi connectivity index (χ1v) is 15.8. The van der Waals surface area contributed by atoms with Crippen molar-refractivity contribution in [3.8, 4) is 0 Å². The average Bonchev–Trinajstić information content (AvgIpc) is 3.15. The van der Waals surface area contributed by atoms with E-state index < -0.39 is 15.6 Å². The smallest absolute Gasteiger partial charge is 0.211 e. The summed E-state index contributed by atoms with van der Waals surface area (Å²) in [4.78, 5) is 15.7. The molecule has 0 aromatic heterocycles. The monoisotopic (exact) mass is 510 g/mol. The van der Waals surface area contributed by atoms with Crippen LogP contribution in [0.2, 0.25) is 0 Å². The summed E-state index contributed by atoms with van der Waals surface area (Å²) in [5.74, 6) is 2.49. The maximum absolute atomic E-state index is 13.6. The molecule has 1 heterocycles. The van der Waals surface area contributed by atoms with Gasteiger partial charge in [0, 0.05) is 38.7 Å². The quantitative estimate of drug-likeness (QED) is 0.590. The minimum atomic E-state index is -3.16. The molecular formula is C27H46N2O5S. The Hall–Kier alpha value is -0.540. The maximum atomic E-state index is 13.6. The first kappa shape index (κ1) is 26.1. The van der Waals surface area contributed by atoms with Crippen molar-refractivity contribution in [3.63, 3.8) is 0 Å². The highest BCUT2D eigenvalue weighted by Gasteiger charge is 2.63. The van der Waals surface area contributed by atoms with E-state index in [-0.39, 0.29) is 23.4 Å². The topological polar surface area (TPSA) is 98.2 Å². The van der Waals surface area contributed by atoms with Crippen LogP contribution in [0.15, 0.2) is 0 Å². The molecule has 0 amide bonds. The largest absolute Gasteiger partial charge is 0.396 e. The predicted octanol–water partition coefficient (Wildman–Crippen LogP) is 2.52. The normalized spacial score (nSPS) is 47.1. The third-order valence-electron chi connectivity index (χ3n) is 11.5. The van der Waals surface area contributed by atoms with Crippen molar-refractivity contribution in [1.82, 2.24) is 9.21 Å². The number of nitrogens with zero attached hydrogens (tertiary/aromatic N) is 2. The van der Waals surface area contributed by atoms with Crippen molar-refractivity contribution >= 4 is 15.8 Å². The Morgan fingerprint density at radius 1 is 0.943 bits per heavy atom. The number of sulfonamides is 1. The number of hydrogen-bond donors (Lipinski definition) is 2. The van der Waals surface area contributed by atoms with E-state index in [0.29, 0.717) is 62.2 Å². The zero-order chi connectivity index (χ0) is 25.2. The van der Waals surface area contributed by atoms with Gasteiger partial charge in [-0.1, -0.05) is 6.92 Å². The number of fused-ring (bicyclic) bond motifs is 5. The number of ketones is 1. The molecule has 1 aliphatic heterocycles. The van der Waals surface area contributed by atoms with E-state index in [2.05, 4.69) is 11.8 Å². The Bertz CT molecular complexity index is 930. The fourth-order valence-electron chi connectivity index (χ4n) is 9.62. The van der Waals surface area contributed by atoms with Gasteiger partial charge in [-0.25, -0.2) is 8.42 Å². The van der Waals surface area contributed by atoms with Crippen LogP contribution in [0.4, 0.5) is 0 Å². The molecule has 0 bridgehead atoms. The number of hydrogen-bond acceptors (Lipinski definition) is 6. The van der Waals surface area contributed by atoms with E-state index in [1.165, 1.54) is 17.0 Å². The van der Waals surface area contributed by atoms with Crippen molar-refractivity contribution in [2.45, 2.75) is 77.2 Å². The van der Waals surface area contributed by atoms with Gasteiger partial charge in [-0.2, -0.15) is 4.31 Å². The van der Waals surface area contributed by atoms with Gasteiger partial charge >= 0.3 is 0 Å². The molecule has 4 saturated carbocycles. The molecule has 4 aliphatic carbocycles. The van der Waals surface area contributed by atoms with Crippen LogP contribution in [0.25, 0.3) is 0 Å². The standard InChI is InChI=1S/C27H46N2O5S/c1-25(32)10-11-27(18-30)19(16-25)4-5-20-21-6-7-23(26(21,2)9-8-22(20)27)24(31)17-28-12-14-29(15-13-28)35(3,33)34/h19-23,30,32H,4-18H2,1-3H3/t19-,20-,21-,22-,23+,25+,26?,27+/m0/s1. The predicted molar refractivity (Wildman–Crippen MR) is 135 cm³/mol. The third kappa shape index (κ3) is 4.43. The highest BCUT2D eigenvalue weighted by Crippen LogP contribution is 2.68. The van der Waals surface area contributed by atoms with E-state index in [1.807, 2.05) is 6.92 Å². The van der Waals surface area contributed by atoms with Crippen LogP contribution in [0.3, 0.4) is 0 Å². The Labute approximate surface area is 211 Å². The van der Waals surface area contributed by atoms with Crippen LogP contribution < -0.4 is 0 Å². The van der Waals surface area contributed by atoms with Crippen LogP contribution in [0, 0.1) is 40.4 Å². The lowest BCUT2D eigenvalue weighted by atomic mass is 9.43. The van der Waals surface area contributed by atoms with Crippen LogP contribution in [0.5, 0.6) is 0 Å². The Balaban J connectivity index is 1.26. The van der Waals surface area contributed by atoms with Gasteiger partial charge in [0.15, 0.2) is 0 Å². The summed E-state index contributed by atoms with van der Waals surface area (Å²) in [5.41, 5.74) is -0.610. The Morgan fingerprint density at radius 2 is 1.66 bits per heavy atom. The molecule has 1 unspecified atom stereocenters. The molecule has 8 atom stereocenters. The van der Waals surface area contributed by atoms with Crippen LogP contribution in [0.1, 0.15) is 71.6 Å². The first-order chi connectivity index (χ1) is 16.4. The van der Waals surface area contributed by atoms with Gasteiger partial charge in [-0.05, 0) is 99.2 Å². The molecule has 0 radical (unpaired) electrons. The second-order valence-corrected chi connectivity index (χ2v) is 15.3. The van der Waals surface area contributed by atoms with Gasteiger partial charge in [0.05, 0.1) is 18.4 Å². The van der Waals surface area contributed by atoms with E-state index in [1.54, 1.807) is 0 Å². The first-order valence-electron chi connectivity index (χ1n) is 13.9. The van der Waals surface area contributed by atoms with Gasteiger partial charge < -0.3 is 10.2 Å². The molecule has 1 saturated heterocycles. The fourth-order valence-corrected chi connectivity index (χ4v) is 10.4. The number of carbonyl (C=O) groups is 1. The van der Waals surface area contributed by atoms with Crippen LogP contribution >= 0.6 is 0 Å². The molecule has 200 valence electrons. The van der Waals surface area contributed by atoms with Gasteiger partial charge in [0.25, 0.3) is 0 Å². The highest BCUT2D eigenvalue weighted by molar-refractivity contribution is 7.88. The summed E-state index contributed by atoms with van der Waals surface area (Å²) in [5, 5.41) is 21.4. The van der Waals surface area contributed by atoms with E-state index in [0.717, 1.165) is 51.4 Å². The fraction of sp³-hybridized carbons (Fsp3) is 0.963. The summed E-state index contributed by atoms with van der Waals surface area (Å²) in [6.07, 6.45) is 10.3. The van der Waals surface area contributed by atoms with Crippen LogP contribution in [-0.2, 0) is 14.8 Å². The molecule has 35 heavy (non-hydrogen) atoms. The highest BCUT2D eigenvalue weighted by atomic mass is 32.2. The van der Waals surface area contributed by atoms with Gasteiger partial charge in [-0.15, -0.1) is 0 Å². The van der Waals surface area contributed by atoms with Crippen molar-refractivity contribution in [2.75, 3.05) is 45.6 Å². The summed E-state index contributed by atoms with van der Waals surface area (Å²) in [6.45, 7) is 7.20. The molecule has 0 spiro atoms. The molecule has 0 aromatic carbocycles.